The molecule has 0 spiro atoms. The number of nitrogens with one attached hydrogen (secondary N) is 1. The summed E-state index contributed by atoms with van der Waals surface area (Å²) in [5.74, 6) is -1.11. The number of carbonyl (C=O) groups excluding carboxylic acids is 2. The van der Waals surface area contributed by atoms with E-state index < -0.39 is 5.97 Å². The lowest BCUT2D eigenvalue weighted by Gasteiger charge is -2.39. The zero-order valence-corrected chi connectivity index (χ0v) is 12.0. The third-order valence-electron chi connectivity index (χ3n) is 4.93. The number of piperidine rings is 1. The van der Waals surface area contributed by atoms with Crippen LogP contribution in [-0.2, 0) is 14.4 Å². The van der Waals surface area contributed by atoms with Crippen LogP contribution in [0.1, 0.15) is 32.1 Å². The molecule has 3 aliphatic rings. The van der Waals surface area contributed by atoms with E-state index in [1.807, 2.05) is 0 Å². The largest absolute Gasteiger partial charge is 0.480 e. The van der Waals surface area contributed by atoms with Crippen molar-refractivity contribution < 1.29 is 19.5 Å². The number of nitrogens with zero attached hydrogens (tertiary/aromatic N) is 2. The molecule has 3 aliphatic heterocycles. The summed E-state index contributed by atoms with van der Waals surface area (Å²) in [6.07, 6.45) is 3.65. The van der Waals surface area contributed by atoms with Gasteiger partial charge in [0.2, 0.25) is 11.8 Å². The van der Waals surface area contributed by atoms with Gasteiger partial charge in [0.25, 0.3) is 0 Å². The van der Waals surface area contributed by atoms with Crippen LogP contribution in [0, 0.1) is 0 Å². The maximum absolute atomic E-state index is 11.7. The molecule has 2 N–H and O–H groups in total. The minimum Gasteiger partial charge on any atom is -0.480 e. The summed E-state index contributed by atoms with van der Waals surface area (Å²) in [6.45, 7) is 2.35. The molecule has 3 rings (SSSR count). The lowest BCUT2D eigenvalue weighted by Crippen LogP contribution is -2.52. The number of carboxylic acid groups (broad SMARTS) is 1. The van der Waals surface area contributed by atoms with Crippen molar-refractivity contribution >= 4 is 17.8 Å². The molecule has 2 atom stereocenters. The van der Waals surface area contributed by atoms with Gasteiger partial charge in [-0.05, 0) is 32.2 Å². The number of amides is 2. The number of aliphatic carboxylic acids is 1. The minimum atomic E-state index is -0.726. The summed E-state index contributed by atoms with van der Waals surface area (Å²) in [5, 5.41) is 11.6. The van der Waals surface area contributed by atoms with E-state index in [2.05, 4.69) is 15.1 Å². The van der Waals surface area contributed by atoms with Gasteiger partial charge in [0, 0.05) is 19.1 Å². The lowest BCUT2D eigenvalue weighted by molar-refractivity contribution is -0.143. The predicted molar refractivity (Wildman–Crippen MR) is 73.5 cm³/mol. The fourth-order valence-corrected chi connectivity index (χ4v) is 3.86. The van der Waals surface area contributed by atoms with Gasteiger partial charge in [-0.3, -0.25) is 29.5 Å². The molecular weight excluding hydrogens is 274 g/mol. The SMILES string of the molecule is O=C1CC(N2CCC(N3CCCC3C(=O)O)CC2)C(=O)N1. The molecule has 0 bridgehead atoms. The molecule has 0 aromatic heterocycles. The lowest BCUT2D eigenvalue weighted by atomic mass is 10.00. The molecule has 3 fully saturated rings. The Hall–Kier alpha value is -1.47. The normalized spacial score (nSPS) is 32.6. The Bertz CT molecular complexity index is 459. The predicted octanol–water partition coefficient (Wildman–Crippen LogP) is -0.585. The number of hydrogen-bond donors (Lipinski definition) is 2. The minimum absolute atomic E-state index is 0.192. The number of imide groups is 1. The number of rotatable bonds is 3. The van der Waals surface area contributed by atoms with Gasteiger partial charge in [0.15, 0.2) is 0 Å². The molecule has 0 aliphatic carbocycles. The van der Waals surface area contributed by atoms with Crippen molar-refractivity contribution in [1.82, 2.24) is 15.1 Å². The Labute approximate surface area is 123 Å². The molecule has 21 heavy (non-hydrogen) atoms. The highest BCUT2D eigenvalue weighted by molar-refractivity contribution is 6.05. The van der Waals surface area contributed by atoms with Crippen molar-refractivity contribution in [1.29, 1.82) is 0 Å². The summed E-state index contributed by atoms with van der Waals surface area (Å²) in [7, 11) is 0. The first-order chi connectivity index (χ1) is 10.1. The van der Waals surface area contributed by atoms with E-state index >= 15 is 0 Å². The van der Waals surface area contributed by atoms with Crippen molar-refractivity contribution in [2.75, 3.05) is 19.6 Å². The Morgan fingerprint density at radius 2 is 1.86 bits per heavy atom. The molecule has 3 saturated heterocycles. The van der Waals surface area contributed by atoms with E-state index in [0.29, 0.717) is 0 Å². The smallest absolute Gasteiger partial charge is 0.320 e. The summed E-state index contributed by atoms with van der Waals surface area (Å²) < 4.78 is 0. The van der Waals surface area contributed by atoms with Crippen LogP contribution in [0.4, 0.5) is 0 Å². The van der Waals surface area contributed by atoms with Crippen molar-refractivity contribution in [2.45, 2.75) is 50.2 Å². The average molecular weight is 295 g/mol. The second kappa shape index (κ2) is 5.73. The van der Waals surface area contributed by atoms with Crippen molar-refractivity contribution in [3.8, 4) is 0 Å². The molecule has 7 nitrogen and oxygen atoms in total. The van der Waals surface area contributed by atoms with Crippen LogP contribution in [0.2, 0.25) is 0 Å². The second-order valence-corrected chi connectivity index (χ2v) is 6.13. The van der Waals surface area contributed by atoms with Crippen LogP contribution in [-0.4, -0.2) is 70.4 Å². The van der Waals surface area contributed by atoms with Gasteiger partial charge in [-0.25, -0.2) is 0 Å². The first kappa shape index (κ1) is 14.5. The molecule has 0 radical (unpaired) electrons. The molecule has 0 saturated carbocycles. The molecule has 0 aromatic carbocycles. The van der Waals surface area contributed by atoms with Gasteiger partial charge >= 0.3 is 5.97 Å². The Kier molecular flexibility index (Phi) is 3.95. The highest BCUT2D eigenvalue weighted by Crippen LogP contribution is 2.27. The first-order valence-corrected chi connectivity index (χ1v) is 7.62. The maximum atomic E-state index is 11.7. The molecule has 116 valence electrons. The molecule has 2 amide bonds. The van der Waals surface area contributed by atoms with Crippen LogP contribution >= 0.6 is 0 Å². The highest BCUT2D eigenvalue weighted by Gasteiger charge is 2.40. The monoisotopic (exact) mass is 295 g/mol. The first-order valence-electron chi connectivity index (χ1n) is 7.62. The third-order valence-corrected chi connectivity index (χ3v) is 4.93. The van der Waals surface area contributed by atoms with Gasteiger partial charge in [0.1, 0.15) is 6.04 Å². The van der Waals surface area contributed by atoms with Crippen LogP contribution in [0.15, 0.2) is 0 Å². The summed E-state index contributed by atoms with van der Waals surface area (Å²) >= 11 is 0. The van der Waals surface area contributed by atoms with Crippen LogP contribution in [0.25, 0.3) is 0 Å². The van der Waals surface area contributed by atoms with Crippen LogP contribution in [0.5, 0.6) is 0 Å². The van der Waals surface area contributed by atoms with Gasteiger partial charge in [-0.1, -0.05) is 0 Å². The van der Waals surface area contributed by atoms with Crippen LogP contribution in [0.3, 0.4) is 0 Å². The van der Waals surface area contributed by atoms with Crippen molar-refractivity contribution in [3.05, 3.63) is 0 Å². The molecule has 0 aromatic rings. The standard InChI is InChI=1S/C14H21N3O4/c18-12-8-11(13(19)15-12)16-6-3-9(4-7-16)17-5-1-2-10(17)14(20)21/h9-11H,1-8H2,(H,20,21)(H,15,18,19). The van der Waals surface area contributed by atoms with E-state index in [0.717, 1.165) is 45.3 Å². The number of hydrogen-bond acceptors (Lipinski definition) is 5. The van der Waals surface area contributed by atoms with Crippen molar-refractivity contribution in [2.24, 2.45) is 0 Å². The molecular formula is C14H21N3O4. The van der Waals surface area contributed by atoms with E-state index in [1.165, 1.54) is 0 Å². The average Bonchev–Trinajstić information content (AvgIpc) is 3.05. The summed E-state index contributed by atoms with van der Waals surface area (Å²) in [5.41, 5.74) is 0. The van der Waals surface area contributed by atoms with Gasteiger partial charge in [-0.15, -0.1) is 0 Å². The molecule has 7 heteroatoms. The highest BCUT2D eigenvalue weighted by atomic mass is 16.4. The number of likely N-dealkylation sites (tertiary alicyclic amines) is 2. The summed E-state index contributed by atoms with van der Waals surface area (Å²) in [4.78, 5) is 38.4. The fourth-order valence-electron chi connectivity index (χ4n) is 3.86. The van der Waals surface area contributed by atoms with Gasteiger partial charge < -0.3 is 5.11 Å². The van der Waals surface area contributed by atoms with Crippen molar-refractivity contribution in [3.63, 3.8) is 0 Å². The number of carboxylic acids is 1. The molecule has 2 unspecified atom stereocenters. The zero-order chi connectivity index (χ0) is 15.0. The molecule has 3 heterocycles. The van der Waals surface area contributed by atoms with E-state index in [9.17, 15) is 19.5 Å². The Morgan fingerprint density at radius 1 is 1.14 bits per heavy atom. The third kappa shape index (κ3) is 2.80. The quantitative estimate of drug-likeness (QED) is 0.677. The van der Waals surface area contributed by atoms with E-state index in [-0.39, 0.29) is 36.4 Å². The summed E-state index contributed by atoms with van der Waals surface area (Å²) in [6, 6.07) is -0.393. The van der Waals surface area contributed by atoms with Gasteiger partial charge in [-0.2, -0.15) is 0 Å². The second-order valence-electron chi connectivity index (χ2n) is 6.13. The zero-order valence-electron chi connectivity index (χ0n) is 12.0. The number of carbonyl (C=O) groups is 3. The van der Waals surface area contributed by atoms with Gasteiger partial charge in [0.05, 0.1) is 12.5 Å². The maximum Gasteiger partial charge on any atom is 0.320 e. The Morgan fingerprint density at radius 3 is 2.43 bits per heavy atom. The fraction of sp³-hybridized carbons (Fsp3) is 0.786. The van der Waals surface area contributed by atoms with E-state index in [4.69, 9.17) is 0 Å². The van der Waals surface area contributed by atoms with Crippen LogP contribution < -0.4 is 5.32 Å². The van der Waals surface area contributed by atoms with E-state index in [1.54, 1.807) is 0 Å². The Balaban J connectivity index is 1.57. The topological polar surface area (TPSA) is 90.0 Å².